The van der Waals surface area contributed by atoms with Gasteiger partial charge in [-0.25, -0.2) is 4.79 Å². The van der Waals surface area contributed by atoms with Crippen molar-refractivity contribution in [2.45, 2.75) is 47.1 Å². The molecule has 3 nitrogen and oxygen atoms in total. The van der Waals surface area contributed by atoms with Crippen molar-refractivity contribution in [3.63, 3.8) is 0 Å². The van der Waals surface area contributed by atoms with E-state index >= 15 is 0 Å². The monoisotopic (exact) mass is 227 g/mol. The minimum atomic E-state index is -0.796. The van der Waals surface area contributed by atoms with Crippen molar-refractivity contribution in [2.75, 3.05) is 13.1 Å². The van der Waals surface area contributed by atoms with E-state index < -0.39 is 5.97 Å². The number of aliphatic carboxylic acids is 1. The smallest absolute Gasteiger partial charge is 0.331 e. The Morgan fingerprint density at radius 3 is 2.19 bits per heavy atom. The van der Waals surface area contributed by atoms with Crippen LogP contribution < -0.4 is 0 Å². The minimum absolute atomic E-state index is 0.450. The van der Waals surface area contributed by atoms with Crippen LogP contribution in [0.5, 0.6) is 0 Å². The highest BCUT2D eigenvalue weighted by molar-refractivity contribution is 5.86. The summed E-state index contributed by atoms with van der Waals surface area (Å²) in [5.74, 6) is -0.193. The first kappa shape index (κ1) is 15.2. The van der Waals surface area contributed by atoms with Crippen LogP contribution >= 0.6 is 0 Å². The summed E-state index contributed by atoms with van der Waals surface area (Å²) in [5, 5.41) is 8.92. The van der Waals surface area contributed by atoms with Crippen LogP contribution in [0.1, 0.15) is 41.0 Å². The van der Waals surface area contributed by atoms with Crippen molar-refractivity contribution < 1.29 is 9.90 Å². The first-order chi connectivity index (χ1) is 7.38. The van der Waals surface area contributed by atoms with Gasteiger partial charge >= 0.3 is 5.97 Å². The van der Waals surface area contributed by atoms with Gasteiger partial charge in [-0.2, -0.15) is 0 Å². The molecule has 0 aromatic rings. The Kier molecular flexibility index (Phi) is 7.06. The molecule has 0 aliphatic heterocycles. The van der Waals surface area contributed by atoms with Gasteiger partial charge in [0, 0.05) is 24.7 Å². The second kappa shape index (κ2) is 7.44. The van der Waals surface area contributed by atoms with Crippen molar-refractivity contribution in [3.8, 4) is 0 Å². The van der Waals surface area contributed by atoms with Crippen LogP contribution in [0.3, 0.4) is 0 Å². The Morgan fingerprint density at radius 1 is 1.31 bits per heavy atom. The van der Waals surface area contributed by atoms with Gasteiger partial charge in [-0.3, -0.25) is 4.90 Å². The molecule has 16 heavy (non-hydrogen) atoms. The fourth-order valence-electron chi connectivity index (χ4n) is 1.58. The normalized spacial score (nSPS) is 12.9. The van der Waals surface area contributed by atoms with E-state index in [0.29, 0.717) is 24.0 Å². The Balaban J connectivity index is 4.45. The second-order valence-electron chi connectivity index (χ2n) is 4.83. The third-order valence-corrected chi connectivity index (χ3v) is 2.56. The predicted octanol–water partition coefficient (Wildman–Crippen LogP) is 2.77. The van der Waals surface area contributed by atoms with E-state index in [4.69, 9.17) is 5.11 Å². The van der Waals surface area contributed by atoms with Gasteiger partial charge in [0.05, 0.1) is 0 Å². The van der Waals surface area contributed by atoms with E-state index in [1.807, 2.05) is 13.0 Å². The van der Waals surface area contributed by atoms with E-state index in [-0.39, 0.29) is 0 Å². The third kappa shape index (κ3) is 5.91. The average molecular weight is 227 g/mol. The fraction of sp³-hybridized carbons (Fsp3) is 0.769. The number of nitrogens with zero attached hydrogens (tertiary/aromatic N) is 1. The van der Waals surface area contributed by atoms with Crippen LogP contribution in [0.2, 0.25) is 0 Å². The maximum atomic E-state index is 10.8. The molecule has 0 spiro atoms. The van der Waals surface area contributed by atoms with Crippen molar-refractivity contribution in [1.82, 2.24) is 4.90 Å². The molecule has 3 heteroatoms. The van der Waals surface area contributed by atoms with Crippen molar-refractivity contribution >= 4 is 5.97 Å². The largest absolute Gasteiger partial charge is 0.478 e. The Bertz CT molecular complexity index is 244. The lowest BCUT2D eigenvalue weighted by atomic mass is 10.1. The summed E-state index contributed by atoms with van der Waals surface area (Å²) in [6, 6.07) is 0.450. The molecule has 0 saturated carbocycles. The van der Waals surface area contributed by atoms with Crippen LogP contribution in [0.25, 0.3) is 0 Å². The first-order valence-corrected chi connectivity index (χ1v) is 6.04. The van der Waals surface area contributed by atoms with Gasteiger partial charge in [0.1, 0.15) is 0 Å². The summed E-state index contributed by atoms with van der Waals surface area (Å²) >= 11 is 0. The predicted molar refractivity (Wildman–Crippen MR) is 67.6 cm³/mol. The topological polar surface area (TPSA) is 40.5 Å². The maximum Gasteiger partial charge on any atom is 0.331 e. The molecule has 0 rings (SSSR count). The number of hydrogen-bond donors (Lipinski definition) is 1. The fourth-order valence-corrected chi connectivity index (χ4v) is 1.58. The van der Waals surface area contributed by atoms with Gasteiger partial charge in [0.25, 0.3) is 0 Å². The van der Waals surface area contributed by atoms with E-state index in [1.165, 1.54) is 0 Å². The van der Waals surface area contributed by atoms with E-state index in [9.17, 15) is 4.79 Å². The van der Waals surface area contributed by atoms with Gasteiger partial charge in [0.15, 0.2) is 0 Å². The zero-order chi connectivity index (χ0) is 12.7. The average Bonchev–Trinajstić information content (AvgIpc) is 2.15. The number of carboxylic acids is 1. The summed E-state index contributed by atoms with van der Waals surface area (Å²) in [6.45, 7) is 12.2. The Morgan fingerprint density at radius 2 is 1.88 bits per heavy atom. The summed E-state index contributed by atoms with van der Waals surface area (Å²) in [5.41, 5.74) is 0.509. The molecule has 0 aliphatic rings. The summed E-state index contributed by atoms with van der Waals surface area (Å²) in [6.07, 6.45) is 2.42. The molecule has 94 valence electrons. The summed E-state index contributed by atoms with van der Waals surface area (Å²) in [7, 11) is 0. The first-order valence-electron chi connectivity index (χ1n) is 6.04. The highest BCUT2D eigenvalue weighted by Crippen LogP contribution is 2.07. The highest BCUT2D eigenvalue weighted by atomic mass is 16.4. The minimum Gasteiger partial charge on any atom is -0.478 e. The quantitative estimate of drug-likeness (QED) is 0.680. The van der Waals surface area contributed by atoms with Gasteiger partial charge in [-0.15, -0.1) is 0 Å². The second-order valence-corrected chi connectivity index (χ2v) is 4.83. The standard InChI is InChI=1S/C13H25NO2/c1-6-12(13(15)16)7-8-14(11(4)5)9-10(2)3/h7,10-11H,6,8-9H2,1-5H3,(H,15,16). The van der Waals surface area contributed by atoms with Crippen LogP contribution in [0.4, 0.5) is 0 Å². The number of hydrogen-bond acceptors (Lipinski definition) is 2. The molecule has 0 fully saturated rings. The molecule has 0 aliphatic carbocycles. The van der Waals surface area contributed by atoms with Gasteiger partial charge in [-0.05, 0) is 26.2 Å². The molecule has 1 N–H and O–H groups in total. The molecule has 0 unspecified atom stereocenters. The molecular formula is C13H25NO2. The van der Waals surface area contributed by atoms with Crippen molar-refractivity contribution in [2.24, 2.45) is 5.92 Å². The lowest BCUT2D eigenvalue weighted by Crippen LogP contribution is -2.34. The highest BCUT2D eigenvalue weighted by Gasteiger charge is 2.11. The van der Waals surface area contributed by atoms with Gasteiger partial charge < -0.3 is 5.11 Å². The molecule has 0 atom stereocenters. The molecule has 0 bridgehead atoms. The maximum absolute atomic E-state index is 10.8. The summed E-state index contributed by atoms with van der Waals surface area (Å²) in [4.78, 5) is 13.1. The Labute approximate surface area is 99.1 Å². The molecular weight excluding hydrogens is 202 g/mol. The zero-order valence-electron chi connectivity index (χ0n) is 11.2. The number of carboxylic acid groups (broad SMARTS) is 1. The van der Waals surface area contributed by atoms with Crippen LogP contribution in [-0.2, 0) is 4.79 Å². The summed E-state index contributed by atoms with van der Waals surface area (Å²) < 4.78 is 0. The lowest BCUT2D eigenvalue weighted by Gasteiger charge is -2.27. The van der Waals surface area contributed by atoms with Crippen LogP contribution in [0.15, 0.2) is 11.6 Å². The Hall–Kier alpha value is -0.830. The van der Waals surface area contributed by atoms with Crippen LogP contribution in [-0.4, -0.2) is 35.1 Å². The van der Waals surface area contributed by atoms with E-state index in [1.54, 1.807) is 0 Å². The SMILES string of the molecule is CCC(=CCN(CC(C)C)C(C)C)C(=O)O. The number of carbonyl (C=O) groups is 1. The number of rotatable bonds is 7. The van der Waals surface area contributed by atoms with E-state index in [2.05, 4.69) is 32.6 Å². The van der Waals surface area contributed by atoms with Crippen LogP contribution in [0, 0.1) is 5.92 Å². The molecule has 0 aromatic carbocycles. The lowest BCUT2D eigenvalue weighted by molar-refractivity contribution is -0.132. The third-order valence-electron chi connectivity index (χ3n) is 2.56. The van der Waals surface area contributed by atoms with E-state index in [0.717, 1.165) is 13.1 Å². The van der Waals surface area contributed by atoms with Gasteiger partial charge in [0.2, 0.25) is 0 Å². The molecule has 0 aromatic heterocycles. The van der Waals surface area contributed by atoms with Crippen molar-refractivity contribution in [3.05, 3.63) is 11.6 Å². The zero-order valence-corrected chi connectivity index (χ0v) is 11.2. The van der Waals surface area contributed by atoms with Gasteiger partial charge in [-0.1, -0.05) is 26.8 Å². The molecule has 0 heterocycles. The van der Waals surface area contributed by atoms with Crippen molar-refractivity contribution in [1.29, 1.82) is 0 Å². The molecule has 0 saturated heterocycles. The molecule has 0 amide bonds. The molecule has 0 radical (unpaired) electrons.